The van der Waals surface area contributed by atoms with E-state index in [9.17, 15) is 13.2 Å². The first-order valence-electron chi connectivity index (χ1n) is 4.08. The fourth-order valence-electron chi connectivity index (χ4n) is 1.06. The summed E-state index contributed by atoms with van der Waals surface area (Å²) in [5.74, 6) is 0. The van der Waals surface area contributed by atoms with Crippen molar-refractivity contribution in [1.82, 2.24) is 14.9 Å². The van der Waals surface area contributed by atoms with Gasteiger partial charge in [0.25, 0.3) is 0 Å². The minimum atomic E-state index is -4.20. The van der Waals surface area contributed by atoms with E-state index in [1.165, 1.54) is 19.4 Å². The lowest BCUT2D eigenvalue weighted by molar-refractivity contribution is -0.144. The van der Waals surface area contributed by atoms with Crippen molar-refractivity contribution in [3.63, 3.8) is 0 Å². The molecule has 0 amide bonds. The zero-order chi connectivity index (χ0) is 11.5. The van der Waals surface area contributed by atoms with Crippen molar-refractivity contribution in [1.29, 1.82) is 0 Å². The smallest absolute Gasteiger partial charge is 0.292 e. The first-order chi connectivity index (χ1) is 6.87. The molecule has 0 bridgehead atoms. The molecule has 0 fully saturated rings. The molecule has 0 aliphatic carbocycles. The van der Waals surface area contributed by atoms with E-state index in [0.29, 0.717) is 5.69 Å². The van der Waals surface area contributed by atoms with Crippen molar-refractivity contribution >= 4 is 11.6 Å². The first-order valence-corrected chi connectivity index (χ1v) is 4.46. The van der Waals surface area contributed by atoms with Crippen LogP contribution in [0, 0.1) is 0 Å². The lowest BCUT2D eigenvalue weighted by Gasteiger charge is -2.17. The normalized spacial score (nSPS) is 12.1. The number of nitrogens with zero attached hydrogens (tertiary/aromatic N) is 3. The molecule has 0 aliphatic heterocycles. The Morgan fingerprint density at radius 1 is 1.33 bits per heavy atom. The molecule has 84 valence electrons. The highest BCUT2D eigenvalue weighted by molar-refractivity contribution is 6.29. The van der Waals surface area contributed by atoms with Crippen molar-refractivity contribution in [2.45, 2.75) is 12.7 Å². The number of halogens is 4. The summed E-state index contributed by atoms with van der Waals surface area (Å²) in [7, 11) is 1.36. The monoisotopic (exact) mass is 239 g/mol. The van der Waals surface area contributed by atoms with E-state index < -0.39 is 12.7 Å². The molecule has 0 spiro atoms. The summed E-state index contributed by atoms with van der Waals surface area (Å²) in [4.78, 5) is 8.68. The molecular formula is C8H9ClF3N3. The number of aromatic nitrogens is 2. The van der Waals surface area contributed by atoms with Gasteiger partial charge in [0.1, 0.15) is 5.15 Å². The van der Waals surface area contributed by atoms with Crippen LogP contribution in [0.2, 0.25) is 5.15 Å². The molecule has 0 N–H and O–H groups in total. The fourth-order valence-corrected chi connectivity index (χ4v) is 1.16. The van der Waals surface area contributed by atoms with Crippen LogP contribution in [0.4, 0.5) is 13.2 Å². The van der Waals surface area contributed by atoms with E-state index in [2.05, 4.69) is 9.97 Å². The molecule has 0 radical (unpaired) electrons. The van der Waals surface area contributed by atoms with Crippen LogP contribution in [0.5, 0.6) is 0 Å². The van der Waals surface area contributed by atoms with Crippen molar-refractivity contribution in [2.24, 2.45) is 0 Å². The Hall–Kier alpha value is -0.880. The maximum absolute atomic E-state index is 12.0. The first kappa shape index (κ1) is 12.2. The van der Waals surface area contributed by atoms with E-state index in [4.69, 9.17) is 11.6 Å². The van der Waals surface area contributed by atoms with Gasteiger partial charge >= 0.3 is 6.18 Å². The third kappa shape index (κ3) is 4.94. The molecule has 1 rings (SSSR count). The van der Waals surface area contributed by atoms with Gasteiger partial charge in [-0.3, -0.25) is 9.88 Å². The van der Waals surface area contributed by atoms with Gasteiger partial charge in [0.15, 0.2) is 0 Å². The van der Waals surface area contributed by atoms with Gasteiger partial charge in [-0.1, -0.05) is 11.6 Å². The maximum atomic E-state index is 12.0. The molecule has 1 heterocycles. The summed E-state index contributed by atoms with van der Waals surface area (Å²) in [6, 6.07) is 0. The van der Waals surface area contributed by atoms with E-state index in [1.54, 1.807) is 0 Å². The largest absolute Gasteiger partial charge is 0.401 e. The Labute approximate surface area is 89.9 Å². The van der Waals surface area contributed by atoms with E-state index in [1.807, 2.05) is 0 Å². The van der Waals surface area contributed by atoms with E-state index in [0.717, 1.165) is 4.90 Å². The van der Waals surface area contributed by atoms with Crippen molar-refractivity contribution in [3.05, 3.63) is 23.2 Å². The summed E-state index contributed by atoms with van der Waals surface area (Å²) in [5.41, 5.74) is 0.450. The summed E-state index contributed by atoms with van der Waals surface area (Å²) in [5, 5.41) is 0.220. The number of hydrogen-bond acceptors (Lipinski definition) is 3. The Morgan fingerprint density at radius 2 is 2.00 bits per heavy atom. The van der Waals surface area contributed by atoms with Crippen LogP contribution in [-0.4, -0.2) is 34.6 Å². The summed E-state index contributed by atoms with van der Waals surface area (Å²) >= 11 is 5.49. The maximum Gasteiger partial charge on any atom is 0.401 e. The summed E-state index contributed by atoms with van der Waals surface area (Å²) in [6.45, 7) is -0.888. The quantitative estimate of drug-likeness (QED) is 0.809. The third-order valence-electron chi connectivity index (χ3n) is 1.55. The summed E-state index contributed by atoms with van der Waals surface area (Å²) < 4.78 is 35.9. The summed E-state index contributed by atoms with van der Waals surface area (Å²) in [6.07, 6.45) is -1.54. The highest BCUT2D eigenvalue weighted by atomic mass is 35.5. The minimum Gasteiger partial charge on any atom is -0.292 e. The van der Waals surface area contributed by atoms with Crippen molar-refractivity contribution < 1.29 is 13.2 Å². The number of rotatable bonds is 3. The average molecular weight is 240 g/mol. The van der Waals surface area contributed by atoms with Gasteiger partial charge in [0, 0.05) is 6.54 Å². The Balaban J connectivity index is 2.51. The number of hydrogen-bond donors (Lipinski definition) is 0. The average Bonchev–Trinajstić information content (AvgIpc) is 2.05. The van der Waals surface area contributed by atoms with Crippen LogP contribution in [0.1, 0.15) is 5.69 Å². The minimum absolute atomic E-state index is 0.0870. The molecule has 0 atom stereocenters. The van der Waals surface area contributed by atoms with Gasteiger partial charge in [-0.2, -0.15) is 13.2 Å². The van der Waals surface area contributed by atoms with Crippen molar-refractivity contribution in [3.8, 4) is 0 Å². The standard InChI is InChI=1S/C8H9ClF3N3/c1-15(5-8(10,11)12)4-6-2-14-7(9)3-13-6/h2-3H,4-5H2,1H3. The second-order valence-electron chi connectivity index (χ2n) is 3.12. The van der Waals surface area contributed by atoms with Gasteiger partial charge in [-0.05, 0) is 7.05 Å². The lowest BCUT2D eigenvalue weighted by Crippen LogP contribution is -2.30. The molecule has 0 saturated carbocycles. The highest BCUT2D eigenvalue weighted by Crippen LogP contribution is 2.16. The Bertz CT molecular complexity index is 312. The predicted molar refractivity (Wildman–Crippen MR) is 49.4 cm³/mol. The highest BCUT2D eigenvalue weighted by Gasteiger charge is 2.29. The molecule has 1 aromatic rings. The van der Waals surface area contributed by atoms with Gasteiger partial charge in [0.05, 0.1) is 24.6 Å². The molecule has 0 unspecified atom stereocenters. The van der Waals surface area contributed by atoms with Crippen LogP contribution in [0.3, 0.4) is 0 Å². The van der Waals surface area contributed by atoms with Gasteiger partial charge in [-0.25, -0.2) is 4.98 Å². The van der Waals surface area contributed by atoms with Gasteiger partial charge in [-0.15, -0.1) is 0 Å². The van der Waals surface area contributed by atoms with E-state index >= 15 is 0 Å². The molecule has 7 heteroatoms. The molecule has 0 saturated heterocycles. The number of alkyl halides is 3. The second kappa shape index (κ2) is 4.76. The predicted octanol–water partition coefficient (Wildman–Crippen LogP) is 2.12. The van der Waals surface area contributed by atoms with Crippen LogP contribution in [-0.2, 0) is 6.54 Å². The van der Waals surface area contributed by atoms with Crippen LogP contribution >= 0.6 is 11.6 Å². The second-order valence-corrected chi connectivity index (χ2v) is 3.51. The zero-order valence-corrected chi connectivity index (χ0v) is 8.68. The molecule has 3 nitrogen and oxygen atoms in total. The third-order valence-corrected chi connectivity index (χ3v) is 1.75. The Morgan fingerprint density at radius 3 is 2.47 bits per heavy atom. The topological polar surface area (TPSA) is 29.0 Å². The van der Waals surface area contributed by atoms with E-state index in [-0.39, 0.29) is 11.7 Å². The van der Waals surface area contributed by atoms with Crippen LogP contribution in [0.15, 0.2) is 12.4 Å². The SMILES string of the molecule is CN(Cc1cnc(Cl)cn1)CC(F)(F)F. The van der Waals surface area contributed by atoms with Crippen LogP contribution in [0.25, 0.3) is 0 Å². The fraction of sp³-hybridized carbons (Fsp3) is 0.500. The van der Waals surface area contributed by atoms with Crippen molar-refractivity contribution in [2.75, 3.05) is 13.6 Å². The molecule has 1 aromatic heterocycles. The van der Waals surface area contributed by atoms with Gasteiger partial charge in [0.2, 0.25) is 0 Å². The molecule has 15 heavy (non-hydrogen) atoms. The molecular weight excluding hydrogens is 231 g/mol. The van der Waals surface area contributed by atoms with Crippen LogP contribution < -0.4 is 0 Å². The Kier molecular flexibility index (Phi) is 3.87. The lowest BCUT2D eigenvalue weighted by atomic mass is 10.4. The zero-order valence-electron chi connectivity index (χ0n) is 7.92. The molecule has 0 aromatic carbocycles. The van der Waals surface area contributed by atoms with Gasteiger partial charge < -0.3 is 0 Å². The molecule has 0 aliphatic rings.